The summed E-state index contributed by atoms with van der Waals surface area (Å²) in [5.41, 5.74) is 3.25. The summed E-state index contributed by atoms with van der Waals surface area (Å²) < 4.78 is 6.32. The van der Waals surface area contributed by atoms with E-state index in [9.17, 15) is 9.59 Å². The second kappa shape index (κ2) is 6.88. The topological polar surface area (TPSA) is 98.1 Å². The van der Waals surface area contributed by atoms with Crippen LogP contribution in [0.5, 0.6) is 0 Å². The smallest absolute Gasteiger partial charge is 0.407 e. The molecule has 1 heterocycles. The van der Waals surface area contributed by atoms with E-state index in [1.165, 1.54) is 11.0 Å². The zero-order valence-electron chi connectivity index (χ0n) is 10.5. The van der Waals surface area contributed by atoms with Crippen LogP contribution in [-0.4, -0.2) is 27.4 Å². The van der Waals surface area contributed by atoms with E-state index in [0.717, 1.165) is 5.56 Å². The van der Waals surface area contributed by atoms with Gasteiger partial charge in [-0.05, 0) is 5.56 Å². The highest BCUT2D eigenvalue weighted by atomic mass is 16.5. The highest BCUT2D eigenvalue weighted by molar-refractivity contribution is 5.67. The van der Waals surface area contributed by atoms with Gasteiger partial charge in [0.1, 0.15) is 12.9 Å². The summed E-state index contributed by atoms with van der Waals surface area (Å²) in [5.74, 6) is 0.383. The number of carbonyl (C=O) groups is 2. The lowest BCUT2D eigenvalue weighted by Crippen LogP contribution is -2.27. The van der Waals surface area contributed by atoms with Gasteiger partial charge in [-0.15, -0.1) is 10.2 Å². The molecule has 104 valence electrons. The fourth-order valence-corrected chi connectivity index (χ4v) is 1.47. The number of aromatic nitrogens is 3. The van der Waals surface area contributed by atoms with Crippen molar-refractivity contribution in [2.24, 2.45) is 0 Å². The van der Waals surface area contributed by atoms with E-state index in [1.54, 1.807) is 0 Å². The molecule has 0 fully saturated rings. The molecule has 2 rings (SSSR count). The van der Waals surface area contributed by atoms with Crippen LogP contribution in [0.4, 0.5) is 4.79 Å². The van der Waals surface area contributed by atoms with Crippen LogP contribution in [0.25, 0.3) is 0 Å². The molecule has 8 nitrogen and oxygen atoms in total. The lowest BCUT2D eigenvalue weighted by Gasteiger charge is -2.07. The van der Waals surface area contributed by atoms with Crippen molar-refractivity contribution < 1.29 is 14.3 Å². The largest absolute Gasteiger partial charge is 0.445 e. The van der Waals surface area contributed by atoms with E-state index in [0.29, 0.717) is 12.2 Å². The molecule has 0 atom stereocenters. The van der Waals surface area contributed by atoms with Gasteiger partial charge in [-0.2, -0.15) is 0 Å². The van der Waals surface area contributed by atoms with Gasteiger partial charge in [0, 0.05) is 0 Å². The average Bonchev–Trinajstić information content (AvgIpc) is 2.92. The number of ether oxygens (including phenoxy) is 1. The van der Waals surface area contributed by atoms with Crippen LogP contribution in [0.15, 0.2) is 36.7 Å². The van der Waals surface area contributed by atoms with Gasteiger partial charge >= 0.3 is 6.09 Å². The van der Waals surface area contributed by atoms with Crippen LogP contribution >= 0.6 is 0 Å². The molecule has 2 aromatic rings. The van der Waals surface area contributed by atoms with Crippen molar-refractivity contribution in [2.75, 3.05) is 5.43 Å². The quantitative estimate of drug-likeness (QED) is 0.744. The molecule has 1 aromatic carbocycles. The summed E-state index contributed by atoms with van der Waals surface area (Å²) in [6, 6.07) is 9.33. The van der Waals surface area contributed by atoms with E-state index in [-0.39, 0.29) is 13.2 Å². The van der Waals surface area contributed by atoms with E-state index >= 15 is 0 Å². The van der Waals surface area contributed by atoms with Gasteiger partial charge in [0.15, 0.2) is 5.82 Å². The van der Waals surface area contributed by atoms with Crippen molar-refractivity contribution >= 4 is 12.5 Å². The van der Waals surface area contributed by atoms with Crippen LogP contribution < -0.4 is 10.7 Å². The first kappa shape index (κ1) is 13.5. The molecule has 2 N–H and O–H groups in total. The van der Waals surface area contributed by atoms with Crippen LogP contribution in [0.1, 0.15) is 11.4 Å². The van der Waals surface area contributed by atoms with Crippen molar-refractivity contribution in [1.82, 2.24) is 20.2 Å². The number of hydrogen-bond acceptors (Lipinski definition) is 5. The van der Waals surface area contributed by atoms with Crippen molar-refractivity contribution in [2.45, 2.75) is 13.2 Å². The summed E-state index contributed by atoms with van der Waals surface area (Å²) in [5, 5.41) is 9.87. The van der Waals surface area contributed by atoms with Gasteiger partial charge < -0.3 is 10.1 Å². The predicted octanol–water partition coefficient (Wildman–Crippen LogP) is 0.404. The molecule has 0 radical (unpaired) electrons. The van der Waals surface area contributed by atoms with Crippen LogP contribution in [0, 0.1) is 0 Å². The maximum Gasteiger partial charge on any atom is 0.407 e. The minimum absolute atomic E-state index is 0.0917. The number of nitrogens with one attached hydrogen (secondary N) is 2. The zero-order valence-corrected chi connectivity index (χ0v) is 10.5. The number of nitrogens with zero attached hydrogens (tertiary/aromatic N) is 3. The number of alkyl carbamates (subject to hydrolysis) is 1. The summed E-state index contributed by atoms with van der Waals surface area (Å²) in [6.45, 7) is 0.278. The van der Waals surface area contributed by atoms with Gasteiger partial charge in [0.2, 0.25) is 6.41 Å². The third kappa shape index (κ3) is 3.80. The molecule has 0 unspecified atom stereocenters. The summed E-state index contributed by atoms with van der Waals surface area (Å²) in [4.78, 5) is 21.8. The standard InChI is InChI=1S/C12H13N5O3/c18-9-15-17-8-14-16-11(17)6-13-12(19)20-7-10-4-2-1-3-5-10/h1-5,8-9H,6-7H2,(H,13,19)(H,15,18). The molecule has 8 heteroatoms. The van der Waals surface area contributed by atoms with E-state index < -0.39 is 6.09 Å². The van der Waals surface area contributed by atoms with Gasteiger partial charge in [0.05, 0.1) is 6.54 Å². The predicted molar refractivity (Wildman–Crippen MR) is 68.9 cm³/mol. The Morgan fingerprint density at radius 2 is 2.15 bits per heavy atom. The molecule has 20 heavy (non-hydrogen) atoms. The molecule has 0 saturated carbocycles. The van der Waals surface area contributed by atoms with Crippen LogP contribution in [0.2, 0.25) is 0 Å². The fourth-order valence-electron chi connectivity index (χ4n) is 1.47. The second-order valence-electron chi connectivity index (χ2n) is 3.78. The Morgan fingerprint density at radius 3 is 2.90 bits per heavy atom. The first-order valence-corrected chi connectivity index (χ1v) is 5.83. The Bertz CT molecular complexity index is 569. The number of carbonyl (C=O) groups excluding carboxylic acids is 2. The van der Waals surface area contributed by atoms with Gasteiger partial charge in [0.25, 0.3) is 0 Å². The van der Waals surface area contributed by atoms with Crippen molar-refractivity contribution in [3.63, 3.8) is 0 Å². The normalized spacial score (nSPS) is 9.80. The first-order valence-electron chi connectivity index (χ1n) is 5.83. The van der Waals surface area contributed by atoms with E-state index in [1.807, 2.05) is 30.3 Å². The summed E-state index contributed by atoms with van der Waals surface area (Å²) >= 11 is 0. The average molecular weight is 275 g/mol. The molecular formula is C12H13N5O3. The lowest BCUT2D eigenvalue weighted by molar-refractivity contribution is -0.106. The molecule has 0 aliphatic heterocycles. The van der Waals surface area contributed by atoms with Crippen LogP contribution in [0.3, 0.4) is 0 Å². The maximum atomic E-state index is 11.5. The number of amides is 2. The Balaban J connectivity index is 1.77. The zero-order chi connectivity index (χ0) is 14.2. The van der Waals surface area contributed by atoms with Crippen molar-refractivity contribution in [3.05, 3.63) is 48.0 Å². The molecule has 1 aromatic heterocycles. The third-order valence-corrected chi connectivity index (χ3v) is 2.41. The van der Waals surface area contributed by atoms with Gasteiger partial charge in [-0.3, -0.25) is 10.2 Å². The molecule has 0 spiro atoms. The van der Waals surface area contributed by atoms with Crippen molar-refractivity contribution in [1.29, 1.82) is 0 Å². The Morgan fingerprint density at radius 1 is 1.35 bits per heavy atom. The monoisotopic (exact) mass is 275 g/mol. The SMILES string of the molecule is O=CNn1cnnc1CNC(=O)OCc1ccccc1. The minimum atomic E-state index is -0.575. The number of rotatable bonds is 6. The lowest BCUT2D eigenvalue weighted by atomic mass is 10.2. The number of benzene rings is 1. The van der Waals surface area contributed by atoms with Gasteiger partial charge in [-0.25, -0.2) is 9.47 Å². The maximum absolute atomic E-state index is 11.5. The highest BCUT2D eigenvalue weighted by Gasteiger charge is 2.07. The molecule has 2 amide bonds. The van der Waals surface area contributed by atoms with E-state index in [2.05, 4.69) is 20.9 Å². The Kier molecular flexibility index (Phi) is 4.65. The minimum Gasteiger partial charge on any atom is -0.445 e. The van der Waals surface area contributed by atoms with Crippen molar-refractivity contribution in [3.8, 4) is 0 Å². The van der Waals surface area contributed by atoms with Crippen LogP contribution in [-0.2, 0) is 22.7 Å². The summed E-state index contributed by atoms with van der Waals surface area (Å²) in [7, 11) is 0. The molecule has 0 saturated heterocycles. The molecule has 0 aliphatic rings. The number of hydrogen-bond donors (Lipinski definition) is 2. The molecule has 0 bridgehead atoms. The molecule has 0 aliphatic carbocycles. The first-order chi connectivity index (χ1) is 9.79. The molecular weight excluding hydrogens is 262 g/mol. The van der Waals surface area contributed by atoms with E-state index in [4.69, 9.17) is 4.74 Å². The Labute approximate surface area is 114 Å². The summed E-state index contributed by atoms with van der Waals surface area (Å²) in [6.07, 6.45) is 1.23. The third-order valence-electron chi connectivity index (χ3n) is 2.41. The highest BCUT2D eigenvalue weighted by Crippen LogP contribution is 2.00. The Hall–Kier alpha value is -2.90. The van der Waals surface area contributed by atoms with Gasteiger partial charge in [-0.1, -0.05) is 30.3 Å². The second-order valence-corrected chi connectivity index (χ2v) is 3.78. The fraction of sp³-hybridized carbons (Fsp3) is 0.167.